The van der Waals surface area contributed by atoms with Crippen molar-refractivity contribution < 1.29 is 0 Å². The molecule has 0 saturated heterocycles. The minimum Gasteiger partial charge on any atom is -0.400 e. The van der Waals surface area contributed by atoms with Crippen LogP contribution in [0.25, 0.3) is 9.69 Å². The van der Waals surface area contributed by atoms with E-state index in [0.29, 0.717) is 17.1 Å². The minimum atomic E-state index is 0.327. The van der Waals surface area contributed by atoms with Gasteiger partial charge in [0, 0.05) is 5.69 Å². The van der Waals surface area contributed by atoms with E-state index in [-0.39, 0.29) is 0 Å². The molecule has 0 spiro atoms. The zero-order chi connectivity index (χ0) is 9.14. The lowest BCUT2D eigenvalue weighted by atomic mass is 10.1. The highest BCUT2D eigenvalue weighted by Crippen LogP contribution is 2.32. The molecule has 0 heterocycles. The lowest BCUT2D eigenvalue weighted by molar-refractivity contribution is 1.48. The van der Waals surface area contributed by atoms with Gasteiger partial charge in [0.1, 0.15) is 0 Å². The van der Waals surface area contributed by atoms with Gasteiger partial charge in [0.25, 0.3) is 0 Å². The largest absolute Gasteiger partial charge is 0.400 e. The van der Waals surface area contributed by atoms with Gasteiger partial charge in [-0.15, -0.1) is 0 Å². The number of hydrogen-bond acceptors (Lipinski definition) is 1. The fourth-order valence-electron chi connectivity index (χ4n) is 0.877. The van der Waals surface area contributed by atoms with Crippen LogP contribution in [0.4, 0.5) is 17.1 Å². The van der Waals surface area contributed by atoms with Crippen molar-refractivity contribution in [3.63, 3.8) is 0 Å². The van der Waals surface area contributed by atoms with Gasteiger partial charge in [-0.05, 0) is 18.6 Å². The number of nitrogens with zero attached hydrogens (tertiary/aromatic N) is 2. The van der Waals surface area contributed by atoms with E-state index < -0.39 is 0 Å². The Morgan fingerprint density at radius 1 is 1.17 bits per heavy atom. The Kier molecular flexibility index (Phi) is 1.98. The molecule has 2 N–H and O–H groups in total. The summed E-state index contributed by atoms with van der Waals surface area (Å²) in [6, 6.07) is 3.17. The first-order valence-electron chi connectivity index (χ1n) is 3.34. The Morgan fingerprint density at radius 2 is 1.67 bits per heavy atom. The molecule has 0 unspecified atom stereocenters. The highest BCUT2D eigenvalue weighted by atomic mass is 14.8. The molecule has 1 aromatic rings. The Balaban J connectivity index is 3.44. The van der Waals surface area contributed by atoms with Gasteiger partial charge in [-0.3, -0.25) is 9.69 Å². The molecule has 12 heavy (non-hydrogen) atoms. The molecule has 0 aliphatic heterocycles. The van der Waals surface area contributed by atoms with Gasteiger partial charge in [-0.25, -0.2) is 0 Å². The van der Waals surface area contributed by atoms with Crippen LogP contribution in [0, 0.1) is 20.1 Å². The monoisotopic (exact) mass is 157 g/mol. The Morgan fingerprint density at radius 3 is 2.17 bits per heavy atom. The van der Waals surface area contributed by atoms with Crippen LogP contribution in [0.15, 0.2) is 12.1 Å². The molecular weight excluding hydrogens is 150 g/mol. The van der Waals surface area contributed by atoms with E-state index in [1.54, 1.807) is 6.07 Å². The number of anilines is 1. The van der Waals surface area contributed by atoms with Gasteiger partial charge in [-0.2, -0.15) is 0 Å². The summed E-state index contributed by atoms with van der Waals surface area (Å²) in [6.45, 7) is 15.4. The van der Waals surface area contributed by atoms with Gasteiger partial charge in [0.15, 0.2) is 11.4 Å². The minimum absolute atomic E-state index is 0.327. The summed E-state index contributed by atoms with van der Waals surface area (Å²) in [6.07, 6.45) is 0. The highest BCUT2D eigenvalue weighted by molar-refractivity contribution is 5.76. The zero-order valence-corrected chi connectivity index (χ0v) is 6.63. The van der Waals surface area contributed by atoms with Crippen molar-refractivity contribution in [2.75, 3.05) is 5.73 Å². The van der Waals surface area contributed by atoms with Crippen LogP contribution < -0.4 is 5.73 Å². The first-order chi connectivity index (χ1) is 5.69. The third kappa shape index (κ3) is 1.21. The maximum Gasteiger partial charge on any atom is 0.196 e. The van der Waals surface area contributed by atoms with E-state index in [9.17, 15) is 0 Å². The number of hydrogen-bond donors (Lipinski definition) is 1. The molecular formula is C9H7N3. The normalized spacial score (nSPS) is 8.58. The molecule has 0 amide bonds. The second-order valence-corrected chi connectivity index (χ2v) is 2.42. The predicted molar refractivity (Wildman–Crippen MR) is 48.1 cm³/mol. The molecule has 1 rings (SSSR count). The number of benzene rings is 1. The average Bonchev–Trinajstić information content (AvgIpc) is 2.09. The van der Waals surface area contributed by atoms with Crippen LogP contribution in [0.2, 0.25) is 0 Å². The molecule has 0 aliphatic carbocycles. The third-order valence-electron chi connectivity index (χ3n) is 1.60. The SMILES string of the molecule is [C-]#[N+]c1cc(C)c(N)cc1[N+]#[C-]. The molecule has 3 heteroatoms. The first-order valence-corrected chi connectivity index (χ1v) is 3.34. The fraction of sp³-hybridized carbons (Fsp3) is 0.111. The van der Waals surface area contributed by atoms with Gasteiger partial charge in [0.2, 0.25) is 0 Å². The second kappa shape index (κ2) is 2.94. The molecule has 0 radical (unpaired) electrons. The summed E-state index contributed by atoms with van der Waals surface area (Å²) in [5.41, 5.74) is 7.68. The van der Waals surface area contributed by atoms with Crippen LogP contribution in [-0.2, 0) is 0 Å². The van der Waals surface area contributed by atoms with Crippen molar-refractivity contribution in [3.8, 4) is 0 Å². The van der Waals surface area contributed by atoms with Crippen molar-refractivity contribution >= 4 is 17.1 Å². The van der Waals surface area contributed by atoms with E-state index in [2.05, 4.69) is 9.69 Å². The second-order valence-electron chi connectivity index (χ2n) is 2.42. The summed E-state index contributed by atoms with van der Waals surface area (Å²) in [5, 5.41) is 0. The molecule has 58 valence electrons. The van der Waals surface area contributed by atoms with Crippen molar-refractivity contribution in [2.24, 2.45) is 0 Å². The molecule has 0 aromatic heterocycles. The van der Waals surface area contributed by atoms with Gasteiger partial charge >= 0.3 is 0 Å². The van der Waals surface area contributed by atoms with Crippen LogP contribution >= 0.6 is 0 Å². The molecule has 0 aliphatic rings. The third-order valence-corrected chi connectivity index (χ3v) is 1.60. The van der Waals surface area contributed by atoms with E-state index >= 15 is 0 Å². The summed E-state index contributed by atoms with van der Waals surface area (Å²) >= 11 is 0. The lowest BCUT2D eigenvalue weighted by Gasteiger charge is -2.01. The average molecular weight is 157 g/mol. The number of nitrogens with two attached hydrogens (primary N) is 1. The first kappa shape index (κ1) is 8.10. The van der Waals surface area contributed by atoms with Crippen molar-refractivity contribution in [1.82, 2.24) is 0 Å². The van der Waals surface area contributed by atoms with Crippen molar-refractivity contribution in [2.45, 2.75) is 6.92 Å². The fourth-order valence-corrected chi connectivity index (χ4v) is 0.877. The number of rotatable bonds is 0. The quantitative estimate of drug-likeness (QED) is 0.456. The molecule has 0 saturated carbocycles. The maximum atomic E-state index is 6.80. The van der Waals surface area contributed by atoms with Crippen molar-refractivity contribution in [3.05, 3.63) is 40.5 Å². The van der Waals surface area contributed by atoms with Gasteiger partial charge in [-0.1, -0.05) is 6.07 Å². The topological polar surface area (TPSA) is 34.7 Å². The Bertz CT molecular complexity index is 354. The maximum absolute atomic E-state index is 6.80. The Labute approximate surface area is 71.1 Å². The van der Waals surface area contributed by atoms with Crippen LogP contribution in [-0.4, -0.2) is 0 Å². The summed E-state index contributed by atoms with van der Waals surface area (Å²) < 4.78 is 0. The predicted octanol–water partition coefficient (Wildman–Crippen LogP) is 2.68. The van der Waals surface area contributed by atoms with E-state index in [0.717, 1.165) is 5.56 Å². The van der Waals surface area contributed by atoms with Crippen LogP contribution in [0.5, 0.6) is 0 Å². The molecule has 0 fully saturated rings. The molecule has 0 atom stereocenters. The summed E-state index contributed by atoms with van der Waals surface area (Å²) in [4.78, 5) is 6.42. The Hall–Kier alpha value is -2.00. The van der Waals surface area contributed by atoms with E-state index in [4.69, 9.17) is 18.9 Å². The van der Waals surface area contributed by atoms with Gasteiger partial charge in [0.05, 0.1) is 13.1 Å². The van der Waals surface area contributed by atoms with Gasteiger partial charge < -0.3 is 5.73 Å². The van der Waals surface area contributed by atoms with Crippen LogP contribution in [0.1, 0.15) is 5.56 Å². The number of aryl methyl sites for hydroxylation is 1. The smallest absolute Gasteiger partial charge is 0.196 e. The van der Waals surface area contributed by atoms with Crippen molar-refractivity contribution in [1.29, 1.82) is 0 Å². The number of nitrogen functional groups attached to an aromatic ring is 1. The zero-order valence-electron chi connectivity index (χ0n) is 6.63. The molecule has 3 nitrogen and oxygen atoms in total. The van der Waals surface area contributed by atoms with E-state index in [1.165, 1.54) is 6.07 Å². The highest BCUT2D eigenvalue weighted by Gasteiger charge is 2.04. The standard InChI is InChI=1S/C9H7N3/c1-6-4-8(11-2)9(12-3)5-7(6)10/h4-5H,10H2,1H3. The molecule has 1 aromatic carbocycles. The van der Waals surface area contributed by atoms with E-state index in [1.807, 2.05) is 6.92 Å². The lowest BCUT2D eigenvalue weighted by Crippen LogP contribution is -1.87. The summed E-state index contributed by atoms with van der Waals surface area (Å²) in [5.74, 6) is 0. The summed E-state index contributed by atoms with van der Waals surface area (Å²) in [7, 11) is 0. The van der Waals surface area contributed by atoms with Crippen LogP contribution in [0.3, 0.4) is 0 Å². The molecule has 0 bridgehead atoms.